The van der Waals surface area contributed by atoms with Gasteiger partial charge in [-0.05, 0) is 54.9 Å². The van der Waals surface area contributed by atoms with Crippen LogP contribution in [0.25, 0.3) is 0 Å². The lowest BCUT2D eigenvalue weighted by Crippen LogP contribution is -2.36. The predicted octanol–water partition coefficient (Wildman–Crippen LogP) is 2.98. The summed E-state index contributed by atoms with van der Waals surface area (Å²) in [7, 11) is -1.50. The number of ether oxygens (including phenoxy) is 1. The average Bonchev–Trinajstić information content (AvgIpc) is 3.26. The molecule has 1 aromatic carbocycles. The first-order valence-corrected chi connectivity index (χ1v) is 13.5. The van der Waals surface area contributed by atoms with Gasteiger partial charge < -0.3 is 15.4 Å². The van der Waals surface area contributed by atoms with Gasteiger partial charge in [-0.15, -0.1) is 11.3 Å². The molecule has 2 atom stereocenters. The van der Waals surface area contributed by atoms with Crippen molar-refractivity contribution in [3.8, 4) is 5.75 Å². The van der Waals surface area contributed by atoms with Gasteiger partial charge in [0.2, 0.25) is 5.91 Å². The zero-order chi connectivity index (χ0) is 22.9. The van der Waals surface area contributed by atoms with Crippen LogP contribution in [0, 0.1) is 5.92 Å². The fourth-order valence-corrected chi connectivity index (χ4v) is 7.44. The van der Waals surface area contributed by atoms with E-state index in [-0.39, 0.29) is 35.8 Å². The highest BCUT2D eigenvalue weighted by molar-refractivity contribution is 7.91. The Morgan fingerprint density at radius 2 is 1.94 bits per heavy atom. The third-order valence-electron chi connectivity index (χ3n) is 6.08. The van der Waals surface area contributed by atoms with E-state index >= 15 is 0 Å². The molecule has 172 valence electrons. The number of thiophene rings is 1. The molecule has 0 bridgehead atoms. The fourth-order valence-electron chi connectivity index (χ4n) is 4.35. The Morgan fingerprint density at radius 3 is 2.59 bits per heavy atom. The lowest BCUT2D eigenvalue weighted by atomic mass is 9.88. The zero-order valence-corrected chi connectivity index (χ0v) is 19.9. The van der Waals surface area contributed by atoms with Crippen molar-refractivity contribution in [1.82, 2.24) is 5.32 Å². The fraction of sp³-hybridized carbons (Fsp3) is 0.478. The van der Waals surface area contributed by atoms with E-state index < -0.39 is 9.84 Å². The summed E-state index contributed by atoms with van der Waals surface area (Å²) in [5.74, 6) is 0.837. The van der Waals surface area contributed by atoms with Crippen LogP contribution >= 0.6 is 11.3 Å². The molecule has 0 radical (unpaired) electrons. The Morgan fingerprint density at radius 1 is 1.19 bits per heavy atom. The Hall–Kier alpha value is -2.39. The first-order valence-electron chi connectivity index (χ1n) is 10.8. The molecule has 0 saturated carbocycles. The molecule has 7 nitrogen and oxygen atoms in total. The Balaban J connectivity index is 1.54. The second-order valence-corrected chi connectivity index (χ2v) is 12.0. The number of hydrogen-bond donors (Lipinski definition) is 2. The maximum absolute atomic E-state index is 13.2. The molecule has 1 aliphatic carbocycles. The maximum atomic E-state index is 13.2. The second kappa shape index (κ2) is 9.23. The zero-order valence-electron chi connectivity index (χ0n) is 18.3. The van der Waals surface area contributed by atoms with E-state index in [0.717, 1.165) is 41.0 Å². The molecule has 2 heterocycles. The normalized spacial score (nSPS) is 21.6. The smallest absolute Gasteiger partial charge is 0.254 e. The van der Waals surface area contributed by atoms with Gasteiger partial charge in [0.15, 0.2) is 9.84 Å². The number of nitrogens with one attached hydrogen (secondary N) is 2. The number of hydrogen-bond acceptors (Lipinski definition) is 6. The molecular formula is C23H28N2O5S2. The summed E-state index contributed by atoms with van der Waals surface area (Å²) >= 11 is 1.47. The topological polar surface area (TPSA) is 102 Å². The molecule has 4 rings (SSSR count). The van der Waals surface area contributed by atoms with Crippen LogP contribution in [-0.2, 0) is 33.9 Å². The molecule has 1 saturated heterocycles. The van der Waals surface area contributed by atoms with Crippen LogP contribution in [0.15, 0.2) is 24.3 Å². The van der Waals surface area contributed by atoms with Crippen LogP contribution in [0.1, 0.15) is 46.1 Å². The minimum Gasteiger partial charge on any atom is -0.497 e. The summed E-state index contributed by atoms with van der Waals surface area (Å²) in [4.78, 5) is 27.1. The molecular weight excluding hydrogens is 448 g/mol. The molecule has 2 amide bonds. The van der Waals surface area contributed by atoms with Gasteiger partial charge in [-0.2, -0.15) is 0 Å². The SMILES string of the molecule is COc1ccc(CC(=O)Nc2sc3c(c2C(=O)NC2CCS(=O)(=O)C2)CCC(C)C3)cc1. The lowest BCUT2D eigenvalue weighted by molar-refractivity contribution is -0.115. The number of rotatable bonds is 6. The van der Waals surface area contributed by atoms with Crippen molar-refractivity contribution < 1.29 is 22.7 Å². The molecule has 2 unspecified atom stereocenters. The second-order valence-electron chi connectivity index (χ2n) is 8.70. The largest absolute Gasteiger partial charge is 0.497 e. The first kappa shape index (κ1) is 22.8. The third kappa shape index (κ3) is 5.15. The van der Waals surface area contributed by atoms with Gasteiger partial charge in [0, 0.05) is 10.9 Å². The average molecular weight is 477 g/mol. The minimum atomic E-state index is -3.09. The van der Waals surface area contributed by atoms with E-state index in [2.05, 4.69) is 17.6 Å². The lowest BCUT2D eigenvalue weighted by Gasteiger charge is -2.19. The number of methoxy groups -OCH3 is 1. The Labute approximate surface area is 192 Å². The molecule has 1 aliphatic heterocycles. The van der Waals surface area contributed by atoms with E-state index in [0.29, 0.717) is 22.9 Å². The van der Waals surface area contributed by atoms with Gasteiger partial charge in [0.1, 0.15) is 10.8 Å². The quantitative estimate of drug-likeness (QED) is 0.668. The van der Waals surface area contributed by atoms with Crippen LogP contribution in [0.4, 0.5) is 5.00 Å². The number of amides is 2. The molecule has 9 heteroatoms. The molecule has 0 spiro atoms. The van der Waals surface area contributed by atoms with Gasteiger partial charge in [-0.3, -0.25) is 9.59 Å². The van der Waals surface area contributed by atoms with Gasteiger partial charge in [0.25, 0.3) is 5.91 Å². The predicted molar refractivity (Wildman–Crippen MR) is 125 cm³/mol. The highest BCUT2D eigenvalue weighted by Gasteiger charge is 2.33. The van der Waals surface area contributed by atoms with E-state index in [1.165, 1.54) is 11.3 Å². The van der Waals surface area contributed by atoms with E-state index in [4.69, 9.17) is 4.74 Å². The van der Waals surface area contributed by atoms with Crippen LogP contribution in [0.3, 0.4) is 0 Å². The summed E-state index contributed by atoms with van der Waals surface area (Å²) in [5.41, 5.74) is 2.34. The van der Waals surface area contributed by atoms with E-state index in [1.54, 1.807) is 7.11 Å². The summed E-state index contributed by atoms with van der Waals surface area (Å²) in [5, 5.41) is 6.41. The van der Waals surface area contributed by atoms with Gasteiger partial charge in [-0.25, -0.2) is 8.42 Å². The number of benzene rings is 1. The molecule has 1 fully saturated rings. The molecule has 2 N–H and O–H groups in total. The number of fused-ring (bicyclic) bond motifs is 1. The minimum absolute atomic E-state index is 0.0265. The standard InChI is InChI=1S/C23H28N2O5S2/c1-14-3-8-18-19(11-14)31-23(21(18)22(27)24-16-9-10-32(28,29)13-16)25-20(26)12-15-4-6-17(30-2)7-5-15/h4-7,14,16H,3,8-13H2,1-2H3,(H,24,27)(H,25,26). The van der Waals surface area contributed by atoms with Crippen LogP contribution in [0.5, 0.6) is 5.75 Å². The van der Waals surface area contributed by atoms with Crippen molar-refractivity contribution in [2.45, 2.75) is 45.1 Å². The summed E-state index contributed by atoms with van der Waals surface area (Å²) < 4.78 is 28.7. The molecule has 2 aromatic rings. The van der Waals surface area contributed by atoms with Crippen molar-refractivity contribution in [2.24, 2.45) is 5.92 Å². The molecule has 2 aliphatic rings. The van der Waals surface area contributed by atoms with Crippen molar-refractivity contribution in [2.75, 3.05) is 23.9 Å². The number of sulfone groups is 1. The Kier molecular flexibility index (Phi) is 6.57. The Bertz CT molecular complexity index is 1120. The van der Waals surface area contributed by atoms with Crippen molar-refractivity contribution in [3.05, 3.63) is 45.8 Å². The monoisotopic (exact) mass is 476 g/mol. The summed E-state index contributed by atoms with van der Waals surface area (Å²) in [6.07, 6.45) is 3.27. The highest BCUT2D eigenvalue weighted by Crippen LogP contribution is 2.40. The van der Waals surface area contributed by atoms with Crippen molar-refractivity contribution in [3.63, 3.8) is 0 Å². The van der Waals surface area contributed by atoms with Gasteiger partial charge in [-0.1, -0.05) is 19.1 Å². The van der Waals surface area contributed by atoms with E-state index in [9.17, 15) is 18.0 Å². The van der Waals surface area contributed by atoms with Crippen LogP contribution < -0.4 is 15.4 Å². The molecule has 32 heavy (non-hydrogen) atoms. The third-order valence-corrected chi connectivity index (χ3v) is 9.02. The summed E-state index contributed by atoms with van der Waals surface area (Å²) in [6.45, 7) is 2.19. The molecule has 1 aromatic heterocycles. The van der Waals surface area contributed by atoms with Gasteiger partial charge in [0.05, 0.1) is 30.6 Å². The number of carbonyl (C=O) groups excluding carboxylic acids is 2. The maximum Gasteiger partial charge on any atom is 0.254 e. The summed E-state index contributed by atoms with van der Waals surface area (Å²) in [6, 6.07) is 6.92. The van der Waals surface area contributed by atoms with Crippen molar-refractivity contribution in [1.29, 1.82) is 0 Å². The van der Waals surface area contributed by atoms with Gasteiger partial charge >= 0.3 is 0 Å². The number of anilines is 1. The van der Waals surface area contributed by atoms with E-state index in [1.807, 2.05) is 24.3 Å². The highest BCUT2D eigenvalue weighted by atomic mass is 32.2. The first-order chi connectivity index (χ1) is 15.2. The van der Waals surface area contributed by atoms with Crippen LogP contribution in [-0.4, -0.2) is 44.9 Å². The number of carbonyl (C=O) groups is 2. The van der Waals surface area contributed by atoms with Crippen molar-refractivity contribution >= 4 is 38.0 Å². The van der Waals surface area contributed by atoms with Crippen LogP contribution in [0.2, 0.25) is 0 Å².